The molecule has 0 aliphatic carbocycles. The Balaban J connectivity index is 0.000000385. The SMILES string of the molecule is CC(C)(C)c1cc(Br)ccn1.O=P(O)(O)O. The molecule has 0 aromatic carbocycles. The van der Waals surface area contributed by atoms with Gasteiger partial charge >= 0.3 is 7.82 Å². The first-order valence-corrected chi connectivity index (χ1v) is 6.76. The molecular weight excluding hydrogens is 297 g/mol. The number of halogens is 1. The van der Waals surface area contributed by atoms with Crippen LogP contribution in [0.1, 0.15) is 26.5 Å². The molecule has 0 saturated carbocycles. The lowest BCUT2D eigenvalue weighted by Gasteiger charge is -2.17. The number of hydrogen-bond donors (Lipinski definition) is 3. The molecular formula is C9H15BrNO4P. The molecule has 0 aliphatic rings. The Morgan fingerprint density at radius 2 is 1.75 bits per heavy atom. The van der Waals surface area contributed by atoms with E-state index in [1.165, 1.54) is 0 Å². The van der Waals surface area contributed by atoms with Gasteiger partial charge < -0.3 is 14.7 Å². The largest absolute Gasteiger partial charge is 0.466 e. The summed E-state index contributed by atoms with van der Waals surface area (Å²) in [4.78, 5) is 25.8. The molecule has 0 unspecified atom stereocenters. The third-order valence-corrected chi connectivity index (χ3v) is 1.98. The van der Waals surface area contributed by atoms with Crippen molar-refractivity contribution < 1.29 is 19.2 Å². The van der Waals surface area contributed by atoms with Crippen molar-refractivity contribution in [2.45, 2.75) is 26.2 Å². The van der Waals surface area contributed by atoms with Gasteiger partial charge in [0.25, 0.3) is 0 Å². The number of hydrogen-bond acceptors (Lipinski definition) is 2. The van der Waals surface area contributed by atoms with Crippen LogP contribution in [0.2, 0.25) is 0 Å². The summed E-state index contributed by atoms with van der Waals surface area (Å²) >= 11 is 3.41. The quantitative estimate of drug-likeness (QED) is 0.639. The molecule has 16 heavy (non-hydrogen) atoms. The molecule has 0 atom stereocenters. The number of phosphoric acid groups is 1. The van der Waals surface area contributed by atoms with E-state index < -0.39 is 7.82 Å². The molecule has 0 saturated heterocycles. The summed E-state index contributed by atoms with van der Waals surface area (Å²) in [6.07, 6.45) is 1.82. The van der Waals surface area contributed by atoms with Crippen LogP contribution in [0, 0.1) is 0 Å². The van der Waals surface area contributed by atoms with Crippen LogP contribution in [-0.2, 0) is 9.98 Å². The Morgan fingerprint density at radius 3 is 2.00 bits per heavy atom. The van der Waals surface area contributed by atoms with E-state index >= 15 is 0 Å². The van der Waals surface area contributed by atoms with E-state index in [1.807, 2.05) is 12.3 Å². The van der Waals surface area contributed by atoms with Crippen molar-refractivity contribution in [3.8, 4) is 0 Å². The van der Waals surface area contributed by atoms with Crippen LogP contribution in [0.3, 0.4) is 0 Å². The van der Waals surface area contributed by atoms with Gasteiger partial charge in [-0.2, -0.15) is 0 Å². The molecule has 1 rings (SSSR count). The Morgan fingerprint density at radius 1 is 1.31 bits per heavy atom. The molecule has 0 bridgehead atoms. The lowest BCUT2D eigenvalue weighted by molar-refractivity contribution is 0.275. The van der Waals surface area contributed by atoms with Crippen LogP contribution in [0.15, 0.2) is 22.8 Å². The van der Waals surface area contributed by atoms with Crippen LogP contribution in [0.5, 0.6) is 0 Å². The number of aromatic nitrogens is 1. The van der Waals surface area contributed by atoms with Crippen LogP contribution in [0.4, 0.5) is 0 Å². The monoisotopic (exact) mass is 311 g/mol. The van der Waals surface area contributed by atoms with Crippen LogP contribution < -0.4 is 0 Å². The number of rotatable bonds is 0. The van der Waals surface area contributed by atoms with E-state index in [-0.39, 0.29) is 5.41 Å². The maximum atomic E-state index is 8.88. The van der Waals surface area contributed by atoms with Crippen molar-refractivity contribution in [3.63, 3.8) is 0 Å². The summed E-state index contributed by atoms with van der Waals surface area (Å²) in [6.45, 7) is 6.46. The molecule has 0 spiro atoms. The minimum atomic E-state index is -4.64. The average Bonchev–Trinajstić information content (AvgIpc) is 1.99. The van der Waals surface area contributed by atoms with Crippen molar-refractivity contribution >= 4 is 23.8 Å². The van der Waals surface area contributed by atoms with E-state index in [1.54, 1.807) is 0 Å². The Labute approximate surface area is 103 Å². The maximum Gasteiger partial charge on any atom is 0.466 e. The van der Waals surface area contributed by atoms with Gasteiger partial charge in [-0.1, -0.05) is 36.7 Å². The van der Waals surface area contributed by atoms with Gasteiger partial charge in [-0.15, -0.1) is 0 Å². The van der Waals surface area contributed by atoms with Gasteiger partial charge in [0.1, 0.15) is 0 Å². The minimum absolute atomic E-state index is 0.143. The van der Waals surface area contributed by atoms with Gasteiger partial charge in [0.2, 0.25) is 0 Å². The van der Waals surface area contributed by atoms with Gasteiger partial charge in [-0.25, -0.2) is 4.57 Å². The normalized spacial score (nSPS) is 11.7. The maximum absolute atomic E-state index is 8.88. The van der Waals surface area contributed by atoms with Crippen LogP contribution in [-0.4, -0.2) is 19.7 Å². The van der Waals surface area contributed by atoms with Gasteiger partial charge in [-0.3, -0.25) is 4.98 Å². The van der Waals surface area contributed by atoms with E-state index in [4.69, 9.17) is 19.2 Å². The molecule has 0 radical (unpaired) electrons. The first-order valence-electron chi connectivity index (χ1n) is 4.40. The fraction of sp³-hybridized carbons (Fsp3) is 0.444. The van der Waals surface area contributed by atoms with Gasteiger partial charge in [0, 0.05) is 21.8 Å². The molecule has 0 fully saturated rings. The predicted molar refractivity (Wildman–Crippen MR) is 64.9 cm³/mol. The van der Waals surface area contributed by atoms with Crippen molar-refractivity contribution in [2.24, 2.45) is 0 Å². The predicted octanol–water partition coefficient (Wildman–Crippen LogP) is 2.21. The van der Waals surface area contributed by atoms with E-state index in [0.717, 1.165) is 10.2 Å². The first-order chi connectivity index (χ1) is 7.00. The number of pyridine rings is 1. The van der Waals surface area contributed by atoms with Crippen molar-refractivity contribution in [2.75, 3.05) is 0 Å². The zero-order valence-electron chi connectivity index (χ0n) is 9.25. The lowest BCUT2D eigenvalue weighted by atomic mass is 9.92. The van der Waals surface area contributed by atoms with E-state index in [2.05, 4.69) is 47.8 Å². The second-order valence-corrected chi connectivity index (χ2v) is 6.06. The average molecular weight is 312 g/mol. The molecule has 1 aromatic rings. The Kier molecular flexibility index (Phi) is 5.79. The zero-order chi connectivity index (χ0) is 13.0. The topological polar surface area (TPSA) is 90.7 Å². The fourth-order valence-electron chi connectivity index (χ4n) is 0.815. The third kappa shape index (κ3) is 9.00. The van der Waals surface area contributed by atoms with Crippen LogP contribution >= 0.6 is 23.8 Å². The Bertz CT molecular complexity index is 377. The highest BCUT2D eigenvalue weighted by molar-refractivity contribution is 9.10. The molecule has 5 nitrogen and oxygen atoms in total. The fourth-order valence-corrected chi connectivity index (χ4v) is 1.15. The van der Waals surface area contributed by atoms with E-state index in [9.17, 15) is 0 Å². The van der Waals surface area contributed by atoms with Crippen molar-refractivity contribution in [1.29, 1.82) is 0 Å². The molecule has 0 aliphatic heterocycles. The summed E-state index contributed by atoms with van der Waals surface area (Å²) in [5.41, 5.74) is 1.26. The van der Waals surface area contributed by atoms with Gasteiger partial charge in [0.15, 0.2) is 0 Å². The molecule has 1 heterocycles. The standard InChI is InChI=1S/C9H12BrN.H3O4P/c1-9(2,3)8-6-7(10)4-5-11-8;1-5(2,3)4/h4-6H,1-3H3;(H3,1,2,3,4). The van der Waals surface area contributed by atoms with Crippen LogP contribution in [0.25, 0.3) is 0 Å². The number of nitrogens with zero attached hydrogens (tertiary/aromatic N) is 1. The highest BCUT2D eigenvalue weighted by Gasteiger charge is 2.14. The Hall–Kier alpha value is -0.260. The van der Waals surface area contributed by atoms with E-state index in [0.29, 0.717) is 0 Å². The van der Waals surface area contributed by atoms with Gasteiger partial charge in [0.05, 0.1) is 0 Å². The summed E-state index contributed by atoms with van der Waals surface area (Å²) in [6, 6.07) is 4.00. The summed E-state index contributed by atoms with van der Waals surface area (Å²) in [5.74, 6) is 0. The smallest absolute Gasteiger partial charge is 0.303 e. The minimum Gasteiger partial charge on any atom is -0.303 e. The second kappa shape index (κ2) is 5.89. The molecule has 1 aromatic heterocycles. The highest BCUT2D eigenvalue weighted by Crippen LogP contribution is 2.25. The lowest BCUT2D eigenvalue weighted by Crippen LogP contribution is -2.12. The van der Waals surface area contributed by atoms with Gasteiger partial charge in [-0.05, 0) is 12.1 Å². The summed E-state index contributed by atoms with van der Waals surface area (Å²) < 4.78 is 9.98. The molecule has 0 amide bonds. The van der Waals surface area contributed by atoms with Crippen molar-refractivity contribution in [1.82, 2.24) is 4.98 Å². The zero-order valence-corrected chi connectivity index (χ0v) is 11.7. The first kappa shape index (κ1) is 15.7. The molecule has 3 N–H and O–H groups in total. The molecule has 7 heteroatoms. The highest BCUT2D eigenvalue weighted by atomic mass is 79.9. The van der Waals surface area contributed by atoms with Crippen molar-refractivity contribution in [3.05, 3.63) is 28.5 Å². The third-order valence-electron chi connectivity index (χ3n) is 1.49. The summed E-state index contributed by atoms with van der Waals surface area (Å²) in [7, 11) is -4.64. The molecule has 92 valence electrons. The summed E-state index contributed by atoms with van der Waals surface area (Å²) in [5, 5.41) is 0. The second-order valence-electron chi connectivity index (χ2n) is 4.12.